The Balaban J connectivity index is 1.92. The first kappa shape index (κ1) is 15.7. The van der Waals surface area contributed by atoms with E-state index in [1.807, 2.05) is 60.7 Å². The van der Waals surface area contributed by atoms with Gasteiger partial charge in [-0.2, -0.15) is 0 Å². The predicted molar refractivity (Wildman–Crippen MR) is 103 cm³/mol. The van der Waals surface area contributed by atoms with Crippen LogP contribution in [0.2, 0.25) is 0 Å². The fourth-order valence-corrected chi connectivity index (χ4v) is 3.28. The number of pyridine rings is 1. The van der Waals surface area contributed by atoms with Gasteiger partial charge in [0, 0.05) is 16.4 Å². The molecule has 0 aliphatic carbocycles. The fourth-order valence-electron chi connectivity index (χ4n) is 2.89. The van der Waals surface area contributed by atoms with Crippen molar-refractivity contribution in [2.45, 2.75) is 6.54 Å². The maximum Gasteiger partial charge on any atom is 0.335 e. The molecular weight excluding hydrogens is 380 g/mol. The van der Waals surface area contributed by atoms with E-state index >= 15 is 0 Å². The number of fused-ring (bicyclic) bond motifs is 1. The summed E-state index contributed by atoms with van der Waals surface area (Å²) in [6, 6.07) is 18.9. The summed E-state index contributed by atoms with van der Waals surface area (Å²) in [5.41, 5.74) is 9.55. The molecule has 4 rings (SSSR count). The molecule has 0 saturated heterocycles. The van der Waals surface area contributed by atoms with Crippen molar-refractivity contribution >= 4 is 32.8 Å². The van der Waals surface area contributed by atoms with Crippen LogP contribution < -0.4 is 11.4 Å². The van der Waals surface area contributed by atoms with E-state index in [0.29, 0.717) is 17.9 Å². The summed E-state index contributed by atoms with van der Waals surface area (Å²) in [6.07, 6.45) is 1.70. The lowest BCUT2D eigenvalue weighted by Crippen LogP contribution is -2.23. The lowest BCUT2D eigenvalue weighted by Gasteiger charge is -2.04. The fraction of sp³-hybridized carbons (Fsp3) is 0.0526. The predicted octanol–water partition coefficient (Wildman–Crippen LogP) is 3.58. The first-order valence-corrected chi connectivity index (χ1v) is 8.59. The Kier molecular flexibility index (Phi) is 3.89. The first-order chi connectivity index (χ1) is 12.1. The molecule has 124 valence electrons. The Morgan fingerprint density at radius 3 is 2.60 bits per heavy atom. The number of anilines is 1. The summed E-state index contributed by atoms with van der Waals surface area (Å²) in [7, 11) is 0. The molecule has 2 heterocycles. The normalized spacial score (nSPS) is 11.1. The zero-order chi connectivity index (χ0) is 17.4. The maximum absolute atomic E-state index is 13.1. The van der Waals surface area contributed by atoms with Crippen molar-refractivity contribution in [2.75, 3.05) is 5.73 Å². The number of nitrogens with two attached hydrogens (primary N) is 1. The van der Waals surface area contributed by atoms with Gasteiger partial charge >= 0.3 is 5.69 Å². The molecule has 0 aliphatic heterocycles. The minimum Gasteiger partial charge on any atom is -0.399 e. The van der Waals surface area contributed by atoms with Crippen LogP contribution in [0, 0.1) is 0 Å². The second-order valence-corrected chi connectivity index (χ2v) is 6.69. The SMILES string of the molecule is Nc1ccc(Cn2c(=O)n(-c3cccc(Br)c3)c3ncccc32)cc1. The third-order valence-corrected chi connectivity index (χ3v) is 4.57. The van der Waals surface area contributed by atoms with E-state index in [9.17, 15) is 4.79 Å². The Bertz CT molecular complexity index is 1110. The number of nitrogens with zero attached hydrogens (tertiary/aromatic N) is 3. The Hall–Kier alpha value is -2.86. The molecule has 25 heavy (non-hydrogen) atoms. The zero-order valence-electron chi connectivity index (χ0n) is 13.3. The van der Waals surface area contributed by atoms with Crippen LogP contribution in [0.5, 0.6) is 0 Å². The molecule has 0 amide bonds. The van der Waals surface area contributed by atoms with Gasteiger partial charge in [0.15, 0.2) is 5.65 Å². The van der Waals surface area contributed by atoms with Crippen LogP contribution in [-0.2, 0) is 6.54 Å². The summed E-state index contributed by atoms with van der Waals surface area (Å²) >= 11 is 3.46. The van der Waals surface area contributed by atoms with Crippen LogP contribution >= 0.6 is 15.9 Å². The summed E-state index contributed by atoms with van der Waals surface area (Å²) < 4.78 is 4.28. The lowest BCUT2D eigenvalue weighted by molar-refractivity contribution is 0.763. The van der Waals surface area contributed by atoms with Crippen LogP contribution in [0.1, 0.15) is 5.56 Å². The number of benzene rings is 2. The van der Waals surface area contributed by atoms with Crippen molar-refractivity contribution in [1.82, 2.24) is 14.1 Å². The van der Waals surface area contributed by atoms with Crippen molar-refractivity contribution in [2.24, 2.45) is 0 Å². The van der Waals surface area contributed by atoms with E-state index in [0.717, 1.165) is 21.2 Å². The van der Waals surface area contributed by atoms with E-state index in [2.05, 4.69) is 20.9 Å². The highest BCUT2D eigenvalue weighted by atomic mass is 79.9. The Morgan fingerprint density at radius 2 is 1.84 bits per heavy atom. The molecule has 0 fully saturated rings. The van der Waals surface area contributed by atoms with Gasteiger partial charge in [-0.1, -0.05) is 34.1 Å². The number of hydrogen-bond donors (Lipinski definition) is 1. The summed E-state index contributed by atoms with van der Waals surface area (Å²) in [6.45, 7) is 0.461. The van der Waals surface area contributed by atoms with Gasteiger partial charge in [-0.3, -0.25) is 4.57 Å². The lowest BCUT2D eigenvalue weighted by atomic mass is 10.2. The molecule has 0 bridgehead atoms. The molecule has 5 nitrogen and oxygen atoms in total. The van der Waals surface area contributed by atoms with Crippen LogP contribution in [0.4, 0.5) is 5.69 Å². The highest BCUT2D eigenvalue weighted by Crippen LogP contribution is 2.20. The van der Waals surface area contributed by atoms with E-state index < -0.39 is 0 Å². The van der Waals surface area contributed by atoms with Crippen molar-refractivity contribution in [3.05, 3.63) is 87.4 Å². The van der Waals surface area contributed by atoms with Gasteiger partial charge in [0.25, 0.3) is 0 Å². The maximum atomic E-state index is 13.1. The van der Waals surface area contributed by atoms with E-state index in [4.69, 9.17) is 5.73 Å². The molecule has 2 N–H and O–H groups in total. The molecule has 4 aromatic rings. The van der Waals surface area contributed by atoms with Crippen LogP contribution in [0.25, 0.3) is 16.9 Å². The second kappa shape index (κ2) is 6.22. The second-order valence-electron chi connectivity index (χ2n) is 5.77. The minimum atomic E-state index is -0.122. The summed E-state index contributed by atoms with van der Waals surface area (Å²) in [4.78, 5) is 17.5. The third-order valence-electron chi connectivity index (χ3n) is 4.08. The molecule has 0 unspecified atom stereocenters. The quantitative estimate of drug-likeness (QED) is 0.540. The van der Waals surface area contributed by atoms with Crippen LogP contribution in [0.15, 0.2) is 76.1 Å². The van der Waals surface area contributed by atoms with Gasteiger partial charge in [0.2, 0.25) is 0 Å². The number of nitrogen functional groups attached to an aromatic ring is 1. The molecule has 0 spiro atoms. The number of halogens is 1. The smallest absolute Gasteiger partial charge is 0.335 e. The first-order valence-electron chi connectivity index (χ1n) is 7.80. The number of imidazole rings is 1. The van der Waals surface area contributed by atoms with Crippen molar-refractivity contribution in [1.29, 1.82) is 0 Å². The molecule has 6 heteroatoms. The number of rotatable bonds is 3. The van der Waals surface area contributed by atoms with E-state index in [1.54, 1.807) is 15.3 Å². The van der Waals surface area contributed by atoms with Crippen molar-refractivity contribution in [3.63, 3.8) is 0 Å². The topological polar surface area (TPSA) is 65.8 Å². The standard InChI is InChI=1S/C19H15BrN4O/c20-14-3-1-4-16(11-14)24-18-17(5-2-10-22-18)23(19(24)25)12-13-6-8-15(21)9-7-13/h1-11H,12,21H2. The number of hydrogen-bond acceptors (Lipinski definition) is 3. The van der Waals surface area contributed by atoms with Gasteiger partial charge in [-0.25, -0.2) is 14.3 Å². The van der Waals surface area contributed by atoms with Crippen LogP contribution in [0.3, 0.4) is 0 Å². The molecule has 2 aromatic carbocycles. The molecule has 0 atom stereocenters. The van der Waals surface area contributed by atoms with Crippen molar-refractivity contribution in [3.8, 4) is 5.69 Å². The van der Waals surface area contributed by atoms with Gasteiger partial charge in [-0.05, 0) is 48.0 Å². The molecular formula is C19H15BrN4O. The highest BCUT2D eigenvalue weighted by molar-refractivity contribution is 9.10. The minimum absolute atomic E-state index is 0.122. The Labute approximate surface area is 152 Å². The largest absolute Gasteiger partial charge is 0.399 e. The van der Waals surface area contributed by atoms with E-state index in [-0.39, 0.29) is 5.69 Å². The average molecular weight is 395 g/mol. The summed E-state index contributed by atoms with van der Waals surface area (Å²) in [5, 5.41) is 0. The van der Waals surface area contributed by atoms with E-state index in [1.165, 1.54) is 0 Å². The zero-order valence-corrected chi connectivity index (χ0v) is 14.8. The monoisotopic (exact) mass is 394 g/mol. The average Bonchev–Trinajstić information content (AvgIpc) is 2.89. The molecule has 2 aromatic heterocycles. The van der Waals surface area contributed by atoms with Gasteiger partial charge < -0.3 is 5.73 Å². The number of aromatic nitrogens is 3. The highest BCUT2D eigenvalue weighted by Gasteiger charge is 2.15. The van der Waals surface area contributed by atoms with Gasteiger partial charge in [0.05, 0.1) is 17.7 Å². The van der Waals surface area contributed by atoms with Crippen molar-refractivity contribution < 1.29 is 0 Å². The van der Waals surface area contributed by atoms with Crippen LogP contribution in [-0.4, -0.2) is 14.1 Å². The molecule has 0 radical (unpaired) electrons. The third kappa shape index (κ3) is 2.85. The molecule has 0 saturated carbocycles. The Morgan fingerprint density at radius 1 is 1.04 bits per heavy atom. The summed E-state index contributed by atoms with van der Waals surface area (Å²) in [5.74, 6) is 0. The van der Waals surface area contributed by atoms with Gasteiger partial charge in [-0.15, -0.1) is 0 Å². The van der Waals surface area contributed by atoms with Gasteiger partial charge in [0.1, 0.15) is 0 Å². The molecule has 0 aliphatic rings.